The van der Waals surface area contributed by atoms with Crippen LogP contribution in [0.25, 0.3) is 11.0 Å². The average Bonchev–Trinajstić information content (AvgIpc) is 3.04. The van der Waals surface area contributed by atoms with E-state index in [1.807, 2.05) is 25.1 Å². The molecule has 0 unspecified atom stereocenters. The SMILES string of the molecule is Cc1cc(Br)ccc1NC(=O)CN(C)C(=O)c1ccc2nc[nH]c2c1. The van der Waals surface area contributed by atoms with Gasteiger partial charge < -0.3 is 15.2 Å². The van der Waals surface area contributed by atoms with Gasteiger partial charge in [-0.05, 0) is 48.9 Å². The predicted octanol–water partition coefficient (Wildman–Crippen LogP) is 3.34. The van der Waals surface area contributed by atoms with Crippen molar-refractivity contribution in [1.82, 2.24) is 14.9 Å². The standard InChI is InChI=1S/C18H17BrN4O2/c1-11-7-13(19)4-6-14(11)22-17(24)9-23(2)18(25)12-3-5-15-16(8-12)21-10-20-15/h3-8,10H,9H2,1-2H3,(H,20,21)(H,22,24). The van der Waals surface area contributed by atoms with Crippen molar-refractivity contribution < 1.29 is 9.59 Å². The number of fused-ring (bicyclic) bond motifs is 1. The number of anilines is 1. The highest BCUT2D eigenvalue weighted by atomic mass is 79.9. The number of aromatic nitrogens is 2. The lowest BCUT2D eigenvalue weighted by molar-refractivity contribution is -0.116. The molecule has 2 aromatic carbocycles. The van der Waals surface area contributed by atoms with E-state index in [-0.39, 0.29) is 18.4 Å². The molecule has 6 nitrogen and oxygen atoms in total. The number of hydrogen-bond acceptors (Lipinski definition) is 3. The predicted molar refractivity (Wildman–Crippen MR) is 101 cm³/mol. The van der Waals surface area contributed by atoms with E-state index in [2.05, 4.69) is 31.2 Å². The smallest absolute Gasteiger partial charge is 0.254 e. The second-order valence-corrected chi connectivity index (χ2v) is 6.72. The molecule has 0 radical (unpaired) electrons. The lowest BCUT2D eigenvalue weighted by Gasteiger charge is -2.17. The number of benzene rings is 2. The molecule has 0 fully saturated rings. The maximum Gasteiger partial charge on any atom is 0.254 e. The molecule has 2 amide bonds. The van der Waals surface area contributed by atoms with Crippen molar-refractivity contribution in [2.24, 2.45) is 0 Å². The number of rotatable bonds is 4. The number of carbonyl (C=O) groups excluding carboxylic acids is 2. The molecule has 0 saturated carbocycles. The summed E-state index contributed by atoms with van der Waals surface area (Å²) < 4.78 is 0.949. The summed E-state index contributed by atoms with van der Waals surface area (Å²) >= 11 is 3.39. The Kier molecular flexibility index (Phi) is 4.85. The third-order valence-electron chi connectivity index (χ3n) is 3.86. The number of carbonyl (C=O) groups is 2. The van der Waals surface area contributed by atoms with Crippen LogP contribution in [0, 0.1) is 6.92 Å². The molecule has 1 heterocycles. The van der Waals surface area contributed by atoms with E-state index < -0.39 is 0 Å². The van der Waals surface area contributed by atoms with Crippen molar-refractivity contribution in [3.63, 3.8) is 0 Å². The lowest BCUT2D eigenvalue weighted by Crippen LogP contribution is -2.35. The summed E-state index contributed by atoms with van der Waals surface area (Å²) in [6, 6.07) is 10.8. The first-order chi connectivity index (χ1) is 11.9. The van der Waals surface area contributed by atoms with Gasteiger partial charge in [0.2, 0.25) is 5.91 Å². The van der Waals surface area contributed by atoms with Crippen LogP contribution in [0.1, 0.15) is 15.9 Å². The monoisotopic (exact) mass is 400 g/mol. The molecule has 2 N–H and O–H groups in total. The Labute approximate surface area is 153 Å². The maximum atomic E-state index is 12.5. The summed E-state index contributed by atoms with van der Waals surface area (Å²) in [6.45, 7) is 1.88. The van der Waals surface area contributed by atoms with Gasteiger partial charge in [0.1, 0.15) is 0 Å². The molecule has 25 heavy (non-hydrogen) atoms. The van der Waals surface area contributed by atoms with Crippen molar-refractivity contribution >= 4 is 44.5 Å². The summed E-state index contributed by atoms with van der Waals surface area (Å²) in [5.74, 6) is -0.469. The third-order valence-corrected chi connectivity index (χ3v) is 4.35. The topological polar surface area (TPSA) is 78.1 Å². The van der Waals surface area contributed by atoms with E-state index in [1.165, 1.54) is 4.90 Å². The number of halogens is 1. The molecule has 3 aromatic rings. The third kappa shape index (κ3) is 3.88. The highest BCUT2D eigenvalue weighted by Crippen LogP contribution is 2.20. The van der Waals surface area contributed by atoms with Gasteiger partial charge in [0.15, 0.2) is 0 Å². The van der Waals surface area contributed by atoms with Crippen LogP contribution in [-0.2, 0) is 4.79 Å². The van der Waals surface area contributed by atoms with Gasteiger partial charge in [0.25, 0.3) is 5.91 Å². The molecule has 0 aliphatic carbocycles. The normalized spacial score (nSPS) is 10.7. The van der Waals surface area contributed by atoms with E-state index in [1.54, 1.807) is 31.6 Å². The van der Waals surface area contributed by atoms with Gasteiger partial charge in [-0.3, -0.25) is 9.59 Å². The van der Waals surface area contributed by atoms with Crippen LogP contribution in [0.4, 0.5) is 5.69 Å². The van der Waals surface area contributed by atoms with Gasteiger partial charge in [-0.2, -0.15) is 0 Å². The summed E-state index contributed by atoms with van der Waals surface area (Å²) in [5.41, 5.74) is 3.76. The number of hydrogen-bond donors (Lipinski definition) is 2. The van der Waals surface area contributed by atoms with Crippen LogP contribution < -0.4 is 5.32 Å². The zero-order valence-corrected chi connectivity index (χ0v) is 15.4. The molecule has 128 valence electrons. The van der Waals surface area contributed by atoms with Crippen LogP contribution >= 0.6 is 15.9 Å². The number of amides is 2. The van der Waals surface area contributed by atoms with E-state index in [0.717, 1.165) is 26.8 Å². The fraction of sp³-hybridized carbons (Fsp3) is 0.167. The minimum absolute atomic E-state index is 0.0324. The number of likely N-dealkylation sites (N-methyl/N-ethyl adjacent to an activating group) is 1. The molecule has 1 aromatic heterocycles. The van der Waals surface area contributed by atoms with Crippen molar-refractivity contribution in [3.05, 3.63) is 58.3 Å². The van der Waals surface area contributed by atoms with Gasteiger partial charge in [0.05, 0.1) is 23.9 Å². The molecule has 3 rings (SSSR count). The average molecular weight is 401 g/mol. The zero-order valence-electron chi connectivity index (χ0n) is 13.8. The number of nitrogens with one attached hydrogen (secondary N) is 2. The second-order valence-electron chi connectivity index (χ2n) is 5.80. The largest absolute Gasteiger partial charge is 0.345 e. The van der Waals surface area contributed by atoms with Gasteiger partial charge >= 0.3 is 0 Å². The lowest BCUT2D eigenvalue weighted by atomic mass is 10.1. The minimum atomic E-state index is -0.246. The first-order valence-corrected chi connectivity index (χ1v) is 8.48. The van der Waals surface area contributed by atoms with E-state index in [0.29, 0.717) is 5.56 Å². The van der Waals surface area contributed by atoms with Crippen LogP contribution in [0.3, 0.4) is 0 Å². The number of imidazole rings is 1. The molecule has 0 saturated heterocycles. The highest BCUT2D eigenvalue weighted by Gasteiger charge is 2.16. The maximum absolute atomic E-state index is 12.5. The number of aromatic amines is 1. The molecule has 0 spiro atoms. The summed E-state index contributed by atoms with van der Waals surface area (Å²) in [4.78, 5) is 33.2. The Morgan fingerprint density at radius 3 is 2.80 bits per heavy atom. The molecule has 7 heteroatoms. The van der Waals surface area contributed by atoms with E-state index in [4.69, 9.17) is 0 Å². The first-order valence-electron chi connectivity index (χ1n) is 7.68. The van der Waals surface area contributed by atoms with E-state index >= 15 is 0 Å². The van der Waals surface area contributed by atoms with Crippen molar-refractivity contribution in [2.45, 2.75) is 6.92 Å². The van der Waals surface area contributed by atoms with Crippen LogP contribution in [0.5, 0.6) is 0 Å². The van der Waals surface area contributed by atoms with Gasteiger partial charge in [0, 0.05) is 22.8 Å². The number of aryl methyl sites for hydroxylation is 1. The summed E-state index contributed by atoms with van der Waals surface area (Å²) in [5, 5.41) is 2.83. The van der Waals surface area contributed by atoms with E-state index in [9.17, 15) is 9.59 Å². The molecule has 0 atom stereocenters. The zero-order chi connectivity index (χ0) is 18.0. The highest BCUT2D eigenvalue weighted by molar-refractivity contribution is 9.10. The Morgan fingerprint density at radius 2 is 2.04 bits per heavy atom. The quantitative estimate of drug-likeness (QED) is 0.704. The molecule has 0 aliphatic rings. The number of nitrogens with zero attached hydrogens (tertiary/aromatic N) is 2. The molecular weight excluding hydrogens is 384 g/mol. The number of H-pyrrole nitrogens is 1. The summed E-state index contributed by atoms with van der Waals surface area (Å²) in [7, 11) is 1.60. The molecule has 0 aliphatic heterocycles. The van der Waals surface area contributed by atoms with Crippen LogP contribution in [-0.4, -0.2) is 40.3 Å². The van der Waals surface area contributed by atoms with Crippen molar-refractivity contribution in [3.8, 4) is 0 Å². The Hall–Kier alpha value is -2.67. The van der Waals surface area contributed by atoms with Crippen molar-refractivity contribution in [2.75, 3.05) is 18.9 Å². The minimum Gasteiger partial charge on any atom is -0.345 e. The van der Waals surface area contributed by atoms with Crippen LogP contribution in [0.15, 0.2) is 47.2 Å². The van der Waals surface area contributed by atoms with Crippen molar-refractivity contribution in [1.29, 1.82) is 0 Å². The Bertz CT molecular complexity index is 951. The molecular formula is C18H17BrN4O2. The first kappa shape index (κ1) is 17.2. The Balaban J connectivity index is 1.66. The molecule has 0 bridgehead atoms. The fourth-order valence-corrected chi connectivity index (χ4v) is 3.01. The fourth-order valence-electron chi connectivity index (χ4n) is 2.53. The van der Waals surface area contributed by atoms with Gasteiger partial charge in [-0.1, -0.05) is 15.9 Å². The summed E-state index contributed by atoms with van der Waals surface area (Å²) in [6.07, 6.45) is 1.58. The second kappa shape index (κ2) is 7.06. The van der Waals surface area contributed by atoms with Crippen LogP contribution in [0.2, 0.25) is 0 Å². The van der Waals surface area contributed by atoms with Gasteiger partial charge in [-0.25, -0.2) is 4.98 Å². The van der Waals surface area contributed by atoms with Gasteiger partial charge in [-0.15, -0.1) is 0 Å². The Morgan fingerprint density at radius 1 is 1.24 bits per heavy atom.